The summed E-state index contributed by atoms with van der Waals surface area (Å²) in [5.41, 5.74) is 2.96. The maximum Gasteiger partial charge on any atom is 0.311 e. The zero-order valence-corrected chi connectivity index (χ0v) is 14.2. The normalized spacial score (nSPS) is 10.5. The SMILES string of the molecule is CCOc1cc(NCc2cccc(NC(C)C)c2)ccc1[N+](=O)[O-]. The molecule has 24 heavy (non-hydrogen) atoms. The number of nitro groups is 1. The van der Waals surface area contributed by atoms with E-state index in [9.17, 15) is 10.1 Å². The molecular formula is C18H23N3O3. The molecule has 6 nitrogen and oxygen atoms in total. The molecule has 0 heterocycles. The quantitative estimate of drug-likeness (QED) is 0.553. The Kier molecular flexibility index (Phi) is 6.01. The third-order valence-electron chi connectivity index (χ3n) is 3.34. The number of nitrogens with zero attached hydrogens (tertiary/aromatic N) is 1. The van der Waals surface area contributed by atoms with E-state index in [0.29, 0.717) is 19.2 Å². The van der Waals surface area contributed by atoms with Crippen molar-refractivity contribution in [3.63, 3.8) is 0 Å². The van der Waals surface area contributed by atoms with Crippen LogP contribution in [0.25, 0.3) is 0 Å². The second kappa shape index (κ2) is 8.19. The zero-order chi connectivity index (χ0) is 17.5. The van der Waals surface area contributed by atoms with Gasteiger partial charge in [0.15, 0.2) is 5.75 Å². The lowest BCUT2D eigenvalue weighted by Gasteiger charge is -2.13. The van der Waals surface area contributed by atoms with Crippen molar-refractivity contribution in [1.29, 1.82) is 0 Å². The molecule has 6 heteroatoms. The highest BCUT2D eigenvalue weighted by Crippen LogP contribution is 2.30. The lowest BCUT2D eigenvalue weighted by Crippen LogP contribution is -2.10. The van der Waals surface area contributed by atoms with Crippen LogP contribution in [0.4, 0.5) is 17.1 Å². The number of ether oxygens (including phenoxy) is 1. The molecule has 0 fully saturated rings. The minimum atomic E-state index is -0.435. The van der Waals surface area contributed by atoms with E-state index in [-0.39, 0.29) is 11.4 Å². The summed E-state index contributed by atoms with van der Waals surface area (Å²) in [5, 5.41) is 17.7. The van der Waals surface area contributed by atoms with Crippen molar-refractivity contribution < 1.29 is 9.66 Å². The van der Waals surface area contributed by atoms with Crippen LogP contribution >= 0.6 is 0 Å². The predicted octanol–water partition coefficient (Wildman–Crippen LogP) is 4.43. The fraction of sp³-hybridized carbons (Fsp3) is 0.333. The van der Waals surface area contributed by atoms with Gasteiger partial charge in [-0.2, -0.15) is 0 Å². The van der Waals surface area contributed by atoms with Crippen molar-refractivity contribution in [3.8, 4) is 5.75 Å². The molecule has 128 valence electrons. The molecule has 0 saturated heterocycles. The van der Waals surface area contributed by atoms with E-state index in [0.717, 1.165) is 16.9 Å². The lowest BCUT2D eigenvalue weighted by atomic mass is 10.2. The molecule has 0 amide bonds. The predicted molar refractivity (Wildman–Crippen MR) is 96.8 cm³/mol. The van der Waals surface area contributed by atoms with Gasteiger partial charge in [0.2, 0.25) is 0 Å². The van der Waals surface area contributed by atoms with Crippen LogP contribution in [-0.4, -0.2) is 17.6 Å². The molecule has 0 aliphatic rings. The Morgan fingerprint density at radius 3 is 2.62 bits per heavy atom. The highest BCUT2D eigenvalue weighted by atomic mass is 16.6. The van der Waals surface area contributed by atoms with E-state index < -0.39 is 4.92 Å². The summed E-state index contributed by atoms with van der Waals surface area (Å²) in [5.74, 6) is 0.280. The first kappa shape index (κ1) is 17.6. The van der Waals surface area contributed by atoms with Crippen LogP contribution in [0.1, 0.15) is 26.3 Å². The first-order chi connectivity index (χ1) is 11.5. The highest BCUT2D eigenvalue weighted by molar-refractivity contribution is 5.58. The van der Waals surface area contributed by atoms with Crippen molar-refractivity contribution in [3.05, 3.63) is 58.1 Å². The molecule has 2 aromatic carbocycles. The second-order valence-electron chi connectivity index (χ2n) is 5.73. The molecule has 0 aromatic heterocycles. The van der Waals surface area contributed by atoms with Crippen molar-refractivity contribution in [2.45, 2.75) is 33.4 Å². The maximum absolute atomic E-state index is 11.0. The van der Waals surface area contributed by atoms with E-state index in [2.05, 4.69) is 30.5 Å². The Hall–Kier alpha value is -2.76. The fourth-order valence-corrected chi connectivity index (χ4v) is 2.35. The fourth-order valence-electron chi connectivity index (χ4n) is 2.35. The van der Waals surface area contributed by atoms with Crippen LogP contribution in [0, 0.1) is 10.1 Å². The average Bonchev–Trinajstić information content (AvgIpc) is 2.53. The Morgan fingerprint density at radius 1 is 1.17 bits per heavy atom. The number of benzene rings is 2. The topological polar surface area (TPSA) is 76.4 Å². The third kappa shape index (κ3) is 4.87. The van der Waals surface area contributed by atoms with Crippen LogP contribution in [0.2, 0.25) is 0 Å². The summed E-state index contributed by atoms with van der Waals surface area (Å²) in [6.45, 7) is 7.00. The molecule has 0 radical (unpaired) electrons. The smallest absolute Gasteiger partial charge is 0.311 e. The van der Waals surface area contributed by atoms with Gasteiger partial charge in [0.1, 0.15) is 0 Å². The van der Waals surface area contributed by atoms with Gasteiger partial charge in [0, 0.05) is 36.1 Å². The van der Waals surface area contributed by atoms with Crippen molar-refractivity contribution in [2.75, 3.05) is 17.2 Å². The van der Waals surface area contributed by atoms with E-state index >= 15 is 0 Å². The molecule has 0 unspecified atom stereocenters. The van der Waals surface area contributed by atoms with Crippen LogP contribution in [0.3, 0.4) is 0 Å². The molecule has 2 rings (SSSR count). The van der Waals surface area contributed by atoms with Crippen LogP contribution in [0.5, 0.6) is 5.75 Å². The Balaban J connectivity index is 2.09. The molecule has 0 bridgehead atoms. The van der Waals surface area contributed by atoms with Crippen molar-refractivity contribution in [1.82, 2.24) is 0 Å². The van der Waals surface area contributed by atoms with E-state index in [1.807, 2.05) is 18.2 Å². The first-order valence-corrected chi connectivity index (χ1v) is 8.00. The molecule has 0 aliphatic heterocycles. The largest absolute Gasteiger partial charge is 0.487 e. The third-order valence-corrected chi connectivity index (χ3v) is 3.34. The Labute approximate surface area is 142 Å². The van der Waals surface area contributed by atoms with Gasteiger partial charge in [-0.15, -0.1) is 0 Å². The molecular weight excluding hydrogens is 306 g/mol. The Morgan fingerprint density at radius 2 is 1.96 bits per heavy atom. The zero-order valence-electron chi connectivity index (χ0n) is 14.2. The molecule has 2 N–H and O–H groups in total. The summed E-state index contributed by atoms with van der Waals surface area (Å²) in [6.07, 6.45) is 0. The number of anilines is 2. The number of hydrogen-bond donors (Lipinski definition) is 2. The molecule has 0 saturated carbocycles. The van der Waals surface area contributed by atoms with Gasteiger partial charge in [-0.25, -0.2) is 0 Å². The summed E-state index contributed by atoms with van der Waals surface area (Å²) in [6, 6.07) is 13.3. The van der Waals surface area contributed by atoms with Gasteiger partial charge in [-0.1, -0.05) is 12.1 Å². The summed E-state index contributed by atoms with van der Waals surface area (Å²) in [7, 11) is 0. The minimum Gasteiger partial charge on any atom is -0.487 e. The standard InChI is InChI=1S/C18H23N3O3/c1-4-24-18-11-15(8-9-17(18)21(22)23)19-12-14-6-5-7-16(10-14)20-13(2)3/h5-11,13,19-20H,4,12H2,1-3H3. The molecule has 0 spiro atoms. The van der Waals surface area contributed by atoms with Gasteiger partial charge < -0.3 is 15.4 Å². The van der Waals surface area contributed by atoms with Crippen molar-refractivity contribution in [2.24, 2.45) is 0 Å². The van der Waals surface area contributed by atoms with Gasteiger partial charge in [-0.3, -0.25) is 10.1 Å². The average molecular weight is 329 g/mol. The van der Waals surface area contributed by atoms with Crippen LogP contribution < -0.4 is 15.4 Å². The molecule has 0 atom stereocenters. The van der Waals surface area contributed by atoms with E-state index in [1.54, 1.807) is 19.1 Å². The maximum atomic E-state index is 11.0. The summed E-state index contributed by atoms with van der Waals surface area (Å²) in [4.78, 5) is 10.6. The minimum absolute atomic E-state index is 0.0227. The van der Waals surface area contributed by atoms with Gasteiger partial charge in [0.25, 0.3) is 0 Å². The summed E-state index contributed by atoms with van der Waals surface area (Å²) >= 11 is 0. The van der Waals surface area contributed by atoms with Gasteiger partial charge >= 0.3 is 5.69 Å². The number of rotatable bonds is 8. The Bertz CT molecular complexity index is 702. The second-order valence-corrected chi connectivity index (χ2v) is 5.73. The number of nitro benzene ring substituents is 1. The number of hydrogen-bond acceptors (Lipinski definition) is 5. The number of nitrogens with one attached hydrogen (secondary N) is 2. The van der Waals surface area contributed by atoms with Crippen LogP contribution in [0.15, 0.2) is 42.5 Å². The highest BCUT2D eigenvalue weighted by Gasteiger charge is 2.15. The van der Waals surface area contributed by atoms with Gasteiger partial charge in [0.05, 0.1) is 11.5 Å². The lowest BCUT2D eigenvalue weighted by molar-refractivity contribution is -0.385. The monoisotopic (exact) mass is 329 g/mol. The van der Waals surface area contributed by atoms with E-state index in [1.165, 1.54) is 6.07 Å². The first-order valence-electron chi connectivity index (χ1n) is 8.00. The van der Waals surface area contributed by atoms with Crippen LogP contribution in [-0.2, 0) is 6.54 Å². The van der Waals surface area contributed by atoms with Crippen molar-refractivity contribution >= 4 is 17.1 Å². The molecule has 2 aromatic rings. The molecule has 0 aliphatic carbocycles. The van der Waals surface area contributed by atoms with E-state index in [4.69, 9.17) is 4.74 Å². The van der Waals surface area contributed by atoms with Gasteiger partial charge in [-0.05, 0) is 44.5 Å². The summed E-state index contributed by atoms with van der Waals surface area (Å²) < 4.78 is 5.36.